The van der Waals surface area contributed by atoms with Crippen LogP contribution in [0.3, 0.4) is 0 Å². The van der Waals surface area contributed by atoms with Crippen LogP contribution in [0.15, 0.2) is 53.4 Å². The minimum absolute atomic E-state index is 0.148. The van der Waals surface area contributed by atoms with E-state index < -0.39 is 27.7 Å². The highest BCUT2D eigenvalue weighted by Crippen LogP contribution is 2.27. The standard InChI is InChI=1S/C22H26FN3O5S/c1-31-19-9-11-20(12-10-19)32(29,30)26-15-3-2-4-18(26)13-14-24-21(27)22(28)25-17-7-5-16(23)6-8-17/h5-12,18H,2-4,13-15H2,1H3,(H,24,27)(H,25,28). The average Bonchev–Trinajstić information content (AvgIpc) is 2.80. The van der Waals surface area contributed by atoms with E-state index in [1.807, 2.05) is 0 Å². The van der Waals surface area contributed by atoms with Crippen molar-refractivity contribution in [1.82, 2.24) is 9.62 Å². The molecule has 0 aromatic heterocycles. The van der Waals surface area contributed by atoms with E-state index in [1.165, 1.54) is 47.8 Å². The van der Waals surface area contributed by atoms with Crippen LogP contribution in [0, 0.1) is 5.82 Å². The van der Waals surface area contributed by atoms with E-state index in [9.17, 15) is 22.4 Å². The van der Waals surface area contributed by atoms with Crippen molar-refractivity contribution in [3.8, 4) is 5.75 Å². The Morgan fingerprint density at radius 1 is 1.06 bits per heavy atom. The summed E-state index contributed by atoms with van der Waals surface area (Å²) in [5, 5.41) is 4.91. The number of carbonyl (C=O) groups is 2. The number of nitrogens with zero attached hydrogens (tertiary/aromatic N) is 1. The van der Waals surface area contributed by atoms with E-state index in [1.54, 1.807) is 12.1 Å². The lowest BCUT2D eigenvalue weighted by Crippen LogP contribution is -2.45. The molecule has 0 bridgehead atoms. The van der Waals surface area contributed by atoms with E-state index in [0.29, 0.717) is 30.8 Å². The number of hydrogen-bond donors (Lipinski definition) is 2. The molecule has 1 aliphatic heterocycles. The molecule has 2 N–H and O–H groups in total. The number of anilines is 1. The number of amides is 2. The van der Waals surface area contributed by atoms with E-state index in [-0.39, 0.29) is 17.5 Å². The molecule has 3 rings (SSSR count). The van der Waals surface area contributed by atoms with Crippen LogP contribution in [-0.4, -0.2) is 50.8 Å². The number of sulfonamides is 1. The SMILES string of the molecule is COc1ccc(S(=O)(=O)N2CCCCC2CCNC(=O)C(=O)Nc2ccc(F)cc2)cc1. The van der Waals surface area contributed by atoms with Gasteiger partial charge in [0.2, 0.25) is 10.0 Å². The number of ether oxygens (including phenoxy) is 1. The highest BCUT2D eigenvalue weighted by Gasteiger charge is 2.33. The Bertz CT molecular complexity index is 1040. The van der Waals surface area contributed by atoms with Crippen LogP contribution in [0.5, 0.6) is 5.75 Å². The lowest BCUT2D eigenvalue weighted by molar-refractivity contribution is -0.136. The van der Waals surface area contributed by atoms with Crippen LogP contribution in [0.4, 0.5) is 10.1 Å². The van der Waals surface area contributed by atoms with Crippen molar-refractivity contribution >= 4 is 27.5 Å². The number of rotatable bonds is 7. The van der Waals surface area contributed by atoms with E-state index in [4.69, 9.17) is 4.74 Å². The monoisotopic (exact) mass is 463 g/mol. The van der Waals surface area contributed by atoms with Crippen molar-refractivity contribution in [1.29, 1.82) is 0 Å². The van der Waals surface area contributed by atoms with Gasteiger partial charge in [-0.25, -0.2) is 12.8 Å². The maximum atomic E-state index is 13.1. The topological polar surface area (TPSA) is 105 Å². The first-order valence-electron chi connectivity index (χ1n) is 10.3. The van der Waals surface area contributed by atoms with Crippen molar-refractivity contribution in [2.75, 3.05) is 25.5 Å². The smallest absolute Gasteiger partial charge is 0.313 e. The van der Waals surface area contributed by atoms with Crippen LogP contribution >= 0.6 is 0 Å². The summed E-state index contributed by atoms with van der Waals surface area (Å²) in [4.78, 5) is 24.3. The minimum Gasteiger partial charge on any atom is -0.497 e. The summed E-state index contributed by atoms with van der Waals surface area (Å²) < 4.78 is 45.8. The van der Waals surface area contributed by atoms with Crippen molar-refractivity contribution in [3.63, 3.8) is 0 Å². The first kappa shape index (κ1) is 23.7. The van der Waals surface area contributed by atoms with Gasteiger partial charge in [-0.2, -0.15) is 4.31 Å². The molecule has 172 valence electrons. The summed E-state index contributed by atoms with van der Waals surface area (Å²) in [6, 6.07) is 11.0. The largest absolute Gasteiger partial charge is 0.497 e. The fourth-order valence-corrected chi connectivity index (χ4v) is 5.34. The molecule has 1 saturated heterocycles. The molecule has 32 heavy (non-hydrogen) atoms. The molecular formula is C22H26FN3O5S. The maximum absolute atomic E-state index is 13.1. The predicted molar refractivity (Wildman–Crippen MR) is 117 cm³/mol. The van der Waals surface area contributed by atoms with Crippen LogP contribution in [0.25, 0.3) is 0 Å². The molecular weight excluding hydrogens is 437 g/mol. The molecule has 8 nitrogen and oxygen atoms in total. The van der Waals surface area contributed by atoms with Gasteiger partial charge in [-0.1, -0.05) is 6.42 Å². The third kappa shape index (κ3) is 5.83. The number of methoxy groups -OCH3 is 1. The normalized spacial score (nSPS) is 16.9. The van der Waals surface area contributed by atoms with Crippen molar-refractivity contribution < 1.29 is 27.1 Å². The predicted octanol–water partition coefficient (Wildman–Crippen LogP) is 2.52. The lowest BCUT2D eigenvalue weighted by Gasteiger charge is -2.34. The molecule has 2 aromatic carbocycles. The molecule has 2 amide bonds. The van der Waals surface area contributed by atoms with Gasteiger partial charge >= 0.3 is 11.8 Å². The second-order valence-electron chi connectivity index (χ2n) is 7.45. The highest BCUT2D eigenvalue weighted by atomic mass is 32.2. The van der Waals surface area contributed by atoms with Gasteiger partial charge < -0.3 is 15.4 Å². The first-order valence-corrected chi connectivity index (χ1v) is 11.8. The van der Waals surface area contributed by atoms with Gasteiger partial charge in [0.1, 0.15) is 11.6 Å². The maximum Gasteiger partial charge on any atom is 0.313 e. The zero-order valence-electron chi connectivity index (χ0n) is 17.7. The van der Waals surface area contributed by atoms with Crippen molar-refractivity contribution in [2.45, 2.75) is 36.6 Å². The summed E-state index contributed by atoms with van der Waals surface area (Å²) in [7, 11) is -2.18. The Kier molecular flexibility index (Phi) is 7.81. The lowest BCUT2D eigenvalue weighted by atomic mass is 10.0. The Labute approximate surface area is 186 Å². The van der Waals surface area contributed by atoms with Gasteiger partial charge in [-0.3, -0.25) is 9.59 Å². The number of benzene rings is 2. The van der Waals surface area contributed by atoms with Gasteiger partial charge in [0.25, 0.3) is 0 Å². The summed E-state index contributed by atoms with van der Waals surface area (Å²) in [6.45, 7) is 0.549. The molecule has 10 heteroatoms. The van der Waals surface area contributed by atoms with Gasteiger partial charge in [-0.15, -0.1) is 0 Å². The molecule has 1 atom stereocenters. The molecule has 1 fully saturated rings. The zero-order chi connectivity index (χ0) is 23.1. The summed E-state index contributed by atoms with van der Waals surface area (Å²) in [5.74, 6) is -1.59. The quantitative estimate of drug-likeness (QED) is 0.614. The van der Waals surface area contributed by atoms with Gasteiger partial charge in [-0.05, 0) is 67.8 Å². The molecule has 1 unspecified atom stereocenters. The summed E-state index contributed by atoms with van der Waals surface area (Å²) in [6.07, 6.45) is 2.70. The number of hydrogen-bond acceptors (Lipinski definition) is 5. The Hall–Kier alpha value is -2.98. The number of carbonyl (C=O) groups excluding carboxylic acids is 2. The second-order valence-corrected chi connectivity index (χ2v) is 9.34. The van der Waals surface area contributed by atoms with Crippen LogP contribution in [0.1, 0.15) is 25.7 Å². The van der Waals surface area contributed by atoms with Gasteiger partial charge in [0, 0.05) is 24.8 Å². The minimum atomic E-state index is -3.69. The second kappa shape index (κ2) is 10.6. The molecule has 0 aliphatic carbocycles. The summed E-state index contributed by atoms with van der Waals surface area (Å²) in [5.41, 5.74) is 0.301. The third-order valence-corrected chi connectivity index (χ3v) is 7.28. The van der Waals surface area contributed by atoms with E-state index >= 15 is 0 Å². The fraction of sp³-hybridized carbons (Fsp3) is 0.364. The number of halogens is 1. The van der Waals surface area contributed by atoms with Crippen LogP contribution < -0.4 is 15.4 Å². The Balaban J connectivity index is 1.57. The molecule has 2 aromatic rings. The van der Waals surface area contributed by atoms with Crippen LogP contribution in [-0.2, 0) is 19.6 Å². The van der Waals surface area contributed by atoms with E-state index in [0.717, 1.165) is 12.8 Å². The third-order valence-electron chi connectivity index (χ3n) is 5.31. The zero-order valence-corrected chi connectivity index (χ0v) is 18.5. The summed E-state index contributed by atoms with van der Waals surface area (Å²) >= 11 is 0. The van der Waals surface area contributed by atoms with Crippen molar-refractivity contribution in [2.24, 2.45) is 0 Å². The molecule has 1 heterocycles. The van der Waals surface area contributed by atoms with Crippen LogP contribution in [0.2, 0.25) is 0 Å². The number of piperidine rings is 1. The molecule has 0 saturated carbocycles. The highest BCUT2D eigenvalue weighted by molar-refractivity contribution is 7.89. The van der Waals surface area contributed by atoms with Gasteiger partial charge in [0.05, 0.1) is 12.0 Å². The first-order chi connectivity index (χ1) is 15.3. The number of nitrogens with one attached hydrogen (secondary N) is 2. The fourth-order valence-electron chi connectivity index (χ4n) is 3.62. The average molecular weight is 464 g/mol. The van der Waals surface area contributed by atoms with Gasteiger partial charge in [0.15, 0.2) is 0 Å². The molecule has 1 aliphatic rings. The van der Waals surface area contributed by atoms with Crippen molar-refractivity contribution in [3.05, 3.63) is 54.3 Å². The Morgan fingerprint density at radius 3 is 2.41 bits per heavy atom. The molecule has 0 radical (unpaired) electrons. The molecule has 0 spiro atoms. The Morgan fingerprint density at radius 2 is 1.75 bits per heavy atom. The van der Waals surface area contributed by atoms with E-state index in [2.05, 4.69) is 10.6 Å².